The highest BCUT2D eigenvalue weighted by molar-refractivity contribution is 6.10. The van der Waals surface area contributed by atoms with Crippen LogP contribution in [0, 0.1) is 0 Å². The fourth-order valence-corrected chi connectivity index (χ4v) is 4.09. The maximum atomic E-state index is 13.2. The van der Waals surface area contributed by atoms with E-state index in [4.69, 9.17) is 9.47 Å². The minimum atomic E-state index is -0.279. The van der Waals surface area contributed by atoms with Crippen molar-refractivity contribution >= 4 is 23.1 Å². The molecule has 1 amide bonds. The van der Waals surface area contributed by atoms with Gasteiger partial charge in [0.05, 0.1) is 14.2 Å². The third kappa shape index (κ3) is 5.12. The van der Waals surface area contributed by atoms with Gasteiger partial charge in [-0.05, 0) is 68.3 Å². The van der Waals surface area contributed by atoms with Crippen LogP contribution in [0.4, 0.5) is 5.69 Å². The van der Waals surface area contributed by atoms with Crippen LogP contribution in [0.5, 0.6) is 11.5 Å². The fourth-order valence-electron chi connectivity index (χ4n) is 4.09. The molecule has 0 aromatic heterocycles. The molecule has 0 saturated heterocycles. The average molecular weight is 457 g/mol. The first-order valence-electron chi connectivity index (χ1n) is 11.0. The summed E-state index contributed by atoms with van der Waals surface area (Å²) in [5, 5.41) is 6.34. The molecule has 174 valence electrons. The summed E-state index contributed by atoms with van der Waals surface area (Å²) in [5.74, 6) is 0.897. The van der Waals surface area contributed by atoms with Crippen LogP contribution in [-0.2, 0) is 6.42 Å². The summed E-state index contributed by atoms with van der Waals surface area (Å²) in [6.45, 7) is 4.21. The summed E-state index contributed by atoms with van der Waals surface area (Å²) in [7, 11) is 3.18. The minimum absolute atomic E-state index is 0.161. The number of rotatable bonds is 6. The van der Waals surface area contributed by atoms with Crippen molar-refractivity contribution in [3.8, 4) is 11.5 Å². The molecule has 0 unspecified atom stereocenters. The highest BCUT2D eigenvalue weighted by atomic mass is 16.5. The number of carbonyl (C=O) groups excluding carboxylic acids is 2. The van der Waals surface area contributed by atoms with Gasteiger partial charge >= 0.3 is 0 Å². The molecule has 6 heteroatoms. The summed E-state index contributed by atoms with van der Waals surface area (Å²) in [4.78, 5) is 25.9. The van der Waals surface area contributed by atoms with Gasteiger partial charge in [-0.3, -0.25) is 9.59 Å². The molecule has 0 bridgehead atoms. The predicted molar refractivity (Wildman–Crippen MR) is 134 cm³/mol. The molecule has 0 aliphatic carbocycles. The second-order valence-electron chi connectivity index (χ2n) is 8.90. The summed E-state index contributed by atoms with van der Waals surface area (Å²) < 4.78 is 10.6. The highest BCUT2D eigenvalue weighted by Gasteiger charge is 2.28. The molecule has 0 fully saturated rings. The van der Waals surface area contributed by atoms with Gasteiger partial charge in [-0.1, -0.05) is 24.3 Å². The van der Waals surface area contributed by atoms with E-state index in [9.17, 15) is 9.59 Å². The van der Waals surface area contributed by atoms with E-state index in [1.807, 2.05) is 18.2 Å². The average Bonchev–Trinajstić information content (AvgIpc) is 2.83. The standard InChI is InChI=1S/C28H28N2O4/c1-28(2)17-20-11-12-23(34-4)15-24(20)25(30-28)16-26(31)18-7-5-9-21(13-18)29-27(32)19-8-6-10-22(14-19)33-3/h5-16,30H,17H2,1-4H3,(H,29,32). The molecular weight excluding hydrogens is 428 g/mol. The molecule has 0 spiro atoms. The van der Waals surface area contributed by atoms with Crippen molar-refractivity contribution in [1.82, 2.24) is 5.32 Å². The van der Waals surface area contributed by atoms with Crippen molar-refractivity contribution < 1.29 is 19.1 Å². The summed E-state index contributed by atoms with van der Waals surface area (Å²) in [6, 6.07) is 19.8. The molecule has 0 radical (unpaired) electrons. The third-order valence-electron chi connectivity index (χ3n) is 5.72. The molecule has 34 heavy (non-hydrogen) atoms. The zero-order chi connectivity index (χ0) is 24.3. The Bertz CT molecular complexity index is 1280. The molecule has 0 saturated carbocycles. The SMILES string of the molecule is COc1cccc(C(=O)Nc2cccc(C(=O)C=C3NC(C)(C)Cc4ccc(OC)cc43)c2)c1. The quantitative estimate of drug-likeness (QED) is 0.398. The molecule has 2 N–H and O–H groups in total. The van der Waals surface area contributed by atoms with Gasteiger partial charge in [0, 0.05) is 39.7 Å². The van der Waals surface area contributed by atoms with Crippen molar-refractivity contribution in [2.45, 2.75) is 25.8 Å². The minimum Gasteiger partial charge on any atom is -0.497 e. The van der Waals surface area contributed by atoms with Crippen molar-refractivity contribution in [2.24, 2.45) is 0 Å². The van der Waals surface area contributed by atoms with Gasteiger partial charge in [0.25, 0.3) is 5.91 Å². The van der Waals surface area contributed by atoms with E-state index in [1.165, 1.54) is 0 Å². The smallest absolute Gasteiger partial charge is 0.255 e. The number of amides is 1. The molecule has 1 aliphatic heterocycles. The van der Waals surface area contributed by atoms with E-state index < -0.39 is 0 Å². The van der Waals surface area contributed by atoms with E-state index in [0.29, 0.717) is 22.6 Å². The molecule has 3 aromatic rings. The van der Waals surface area contributed by atoms with Gasteiger partial charge in [-0.2, -0.15) is 0 Å². The van der Waals surface area contributed by atoms with Crippen LogP contribution < -0.4 is 20.1 Å². The van der Waals surface area contributed by atoms with Crippen LogP contribution in [0.3, 0.4) is 0 Å². The van der Waals surface area contributed by atoms with Crippen molar-refractivity contribution in [1.29, 1.82) is 0 Å². The van der Waals surface area contributed by atoms with E-state index in [-0.39, 0.29) is 17.2 Å². The molecule has 1 aliphatic rings. The van der Waals surface area contributed by atoms with E-state index in [0.717, 1.165) is 29.0 Å². The molecule has 1 heterocycles. The van der Waals surface area contributed by atoms with Gasteiger partial charge in [-0.15, -0.1) is 0 Å². The van der Waals surface area contributed by atoms with E-state index in [1.54, 1.807) is 68.8 Å². The van der Waals surface area contributed by atoms with Crippen LogP contribution in [0.2, 0.25) is 0 Å². The largest absolute Gasteiger partial charge is 0.497 e. The second-order valence-corrected chi connectivity index (χ2v) is 8.90. The number of hydrogen-bond donors (Lipinski definition) is 2. The summed E-state index contributed by atoms with van der Waals surface area (Å²) >= 11 is 0. The number of ketones is 1. The van der Waals surface area contributed by atoms with Crippen molar-refractivity contribution in [3.63, 3.8) is 0 Å². The van der Waals surface area contributed by atoms with E-state index in [2.05, 4.69) is 24.5 Å². The molecule has 4 rings (SSSR count). The Morgan fingerprint density at radius 1 is 0.912 bits per heavy atom. The Labute approximate surface area is 199 Å². The molecular formula is C28H28N2O4. The number of methoxy groups -OCH3 is 2. The van der Waals surface area contributed by atoms with Crippen LogP contribution in [0.15, 0.2) is 72.8 Å². The van der Waals surface area contributed by atoms with E-state index >= 15 is 0 Å². The fraction of sp³-hybridized carbons (Fsp3) is 0.214. The molecule has 6 nitrogen and oxygen atoms in total. The van der Waals surface area contributed by atoms with Gasteiger partial charge in [0.15, 0.2) is 5.78 Å². The first-order valence-corrected chi connectivity index (χ1v) is 11.0. The lowest BCUT2D eigenvalue weighted by Gasteiger charge is -2.35. The Hall–Kier alpha value is -4.06. The molecule has 3 aromatic carbocycles. The number of benzene rings is 3. The highest BCUT2D eigenvalue weighted by Crippen LogP contribution is 2.32. The van der Waals surface area contributed by atoms with Crippen LogP contribution in [0.1, 0.15) is 45.7 Å². The number of allylic oxidation sites excluding steroid dienone is 1. The number of fused-ring (bicyclic) bond motifs is 1. The topological polar surface area (TPSA) is 76.7 Å². The number of anilines is 1. The number of ether oxygens (including phenoxy) is 2. The van der Waals surface area contributed by atoms with Crippen LogP contribution >= 0.6 is 0 Å². The van der Waals surface area contributed by atoms with Gasteiger partial charge in [-0.25, -0.2) is 0 Å². The van der Waals surface area contributed by atoms with Crippen LogP contribution in [0.25, 0.3) is 5.70 Å². The first kappa shape index (κ1) is 23.1. The Kier molecular flexibility index (Phi) is 6.41. The third-order valence-corrected chi connectivity index (χ3v) is 5.72. The zero-order valence-corrected chi connectivity index (χ0v) is 19.8. The lowest BCUT2D eigenvalue weighted by atomic mass is 9.85. The first-order chi connectivity index (χ1) is 16.3. The number of nitrogens with one attached hydrogen (secondary N) is 2. The maximum absolute atomic E-state index is 13.2. The monoisotopic (exact) mass is 456 g/mol. The maximum Gasteiger partial charge on any atom is 0.255 e. The number of carbonyl (C=O) groups is 2. The van der Waals surface area contributed by atoms with Crippen LogP contribution in [-0.4, -0.2) is 31.4 Å². The predicted octanol–water partition coefficient (Wildman–Crippen LogP) is 5.10. The van der Waals surface area contributed by atoms with Gasteiger partial charge < -0.3 is 20.1 Å². The van der Waals surface area contributed by atoms with Gasteiger partial charge in [0.1, 0.15) is 11.5 Å². The molecule has 0 atom stereocenters. The Balaban J connectivity index is 1.59. The zero-order valence-electron chi connectivity index (χ0n) is 19.8. The normalized spacial score (nSPS) is 15.1. The van der Waals surface area contributed by atoms with Gasteiger partial charge in [0.2, 0.25) is 0 Å². The second kappa shape index (κ2) is 9.43. The lowest BCUT2D eigenvalue weighted by molar-refractivity contribution is 0.102. The number of hydrogen-bond acceptors (Lipinski definition) is 5. The summed E-state index contributed by atoms with van der Waals surface area (Å²) in [5.41, 5.74) is 4.15. The Morgan fingerprint density at radius 3 is 2.38 bits per heavy atom. The lowest BCUT2D eigenvalue weighted by Crippen LogP contribution is -2.43. The summed E-state index contributed by atoms with van der Waals surface area (Å²) in [6.07, 6.45) is 2.45. The van der Waals surface area contributed by atoms with Crippen molar-refractivity contribution in [2.75, 3.05) is 19.5 Å². The van der Waals surface area contributed by atoms with Crippen molar-refractivity contribution in [3.05, 3.63) is 95.1 Å². The Morgan fingerprint density at radius 2 is 1.62 bits per heavy atom.